The average Bonchev–Trinajstić information content (AvgIpc) is 2.48. The summed E-state index contributed by atoms with van der Waals surface area (Å²) in [5.41, 5.74) is 1.68. The zero-order valence-electron chi connectivity index (χ0n) is 8.75. The first-order valence-corrected chi connectivity index (χ1v) is 5.17. The maximum atomic E-state index is 4.45. The Labute approximate surface area is 80.0 Å². The Kier molecular flexibility index (Phi) is 1.94. The minimum Gasteiger partial charge on any atom is -0.267 e. The Balaban J connectivity index is 2.22. The number of hydrogen-bond donors (Lipinski definition) is 0. The third kappa shape index (κ3) is 1.38. The molecule has 1 fully saturated rings. The number of hydrogen-bond acceptors (Lipinski definition) is 1. The SMILES string of the molecule is CC(C)c1cnn(C2(C)CCC2)c1. The van der Waals surface area contributed by atoms with Crippen LogP contribution in [-0.2, 0) is 5.54 Å². The highest BCUT2D eigenvalue weighted by atomic mass is 15.3. The topological polar surface area (TPSA) is 17.8 Å². The van der Waals surface area contributed by atoms with Crippen molar-refractivity contribution >= 4 is 0 Å². The summed E-state index contributed by atoms with van der Waals surface area (Å²) in [6.07, 6.45) is 8.14. The maximum Gasteiger partial charge on any atom is 0.0599 e. The van der Waals surface area contributed by atoms with E-state index in [0.717, 1.165) is 0 Å². The zero-order valence-corrected chi connectivity index (χ0v) is 8.75. The molecule has 1 aromatic heterocycles. The zero-order chi connectivity index (χ0) is 9.47. The Hall–Kier alpha value is -0.790. The number of rotatable bonds is 2. The van der Waals surface area contributed by atoms with Crippen molar-refractivity contribution < 1.29 is 0 Å². The lowest BCUT2D eigenvalue weighted by Gasteiger charge is -2.38. The van der Waals surface area contributed by atoms with Crippen molar-refractivity contribution in [2.24, 2.45) is 0 Å². The van der Waals surface area contributed by atoms with Crippen LogP contribution >= 0.6 is 0 Å². The van der Waals surface area contributed by atoms with E-state index >= 15 is 0 Å². The summed E-state index contributed by atoms with van der Waals surface area (Å²) >= 11 is 0. The van der Waals surface area contributed by atoms with Gasteiger partial charge in [-0.25, -0.2) is 0 Å². The summed E-state index contributed by atoms with van der Waals surface area (Å²) < 4.78 is 2.16. The molecule has 1 aliphatic rings. The van der Waals surface area contributed by atoms with Crippen LogP contribution in [0.15, 0.2) is 12.4 Å². The van der Waals surface area contributed by atoms with Crippen LogP contribution in [0.2, 0.25) is 0 Å². The van der Waals surface area contributed by atoms with E-state index in [1.54, 1.807) is 0 Å². The molecule has 0 aliphatic heterocycles. The Morgan fingerprint density at radius 2 is 2.15 bits per heavy atom. The second-order valence-corrected chi connectivity index (χ2v) is 4.72. The van der Waals surface area contributed by atoms with Crippen LogP contribution in [0.4, 0.5) is 0 Å². The van der Waals surface area contributed by atoms with E-state index in [-0.39, 0.29) is 0 Å². The van der Waals surface area contributed by atoms with Crippen LogP contribution in [0.25, 0.3) is 0 Å². The monoisotopic (exact) mass is 178 g/mol. The summed E-state index contributed by atoms with van der Waals surface area (Å²) in [5, 5.41) is 4.45. The van der Waals surface area contributed by atoms with Gasteiger partial charge in [0.25, 0.3) is 0 Å². The van der Waals surface area contributed by atoms with Gasteiger partial charge in [0, 0.05) is 6.20 Å². The molecule has 0 spiro atoms. The molecule has 2 rings (SSSR count). The molecule has 0 saturated heterocycles. The highest BCUT2D eigenvalue weighted by Crippen LogP contribution is 2.38. The second-order valence-electron chi connectivity index (χ2n) is 4.72. The molecule has 2 nitrogen and oxygen atoms in total. The molecule has 13 heavy (non-hydrogen) atoms. The van der Waals surface area contributed by atoms with Crippen LogP contribution in [0.1, 0.15) is 51.5 Å². The number of aromatic nitrogens is 2. The molecule has 1 aliphatic carbocycles. The predicted octanol–water partition coefficient (Wildman–Crippen LogP) is 2.91. The lowest BCUT2D eigenvalue weighted by atomic mass is 9.79. The molecule has 0 radical (unpaired) electrons. The fraction of sp³-hybridized carbons (Fsp3) is 0.727. The molecule has 1 aromatic rings. The average molecular weight is 178 g/mol. The minimum atomic E-state index is 0.327. The molecule has 1 heterocycles. The van der Waals surface area contributed by atoms with Crippen molar-refractivity contribution in [2.45, 2.75) is 51.5 Å². The van der Waals surface area contributed by atoms with Crippen LogP contribution < -0.4 is 0 Å². The van der Waals surface area contributed by atoms with Gasteiger partial charge in [-0.2, -0.15) is 5.10 Å². The molecule has 72 valence electrons. The van der Waals surface area contributed by atoms with Crippen molar-refractivity contribution in [1.29, 1.82) is 0 Å². The van der Waals surface area contributed by atoms with E-state index < -0.39 is 0 Å². The molecule has 0 unspecified atom stereocenters. The van der Waals surface area contributed by atoms with Gasteiger partial charge < -0.3 is 0 Å². The van der Waals surface area contributed by atoms with Crippen LogP contribution in [0, 0.1) is 0 Å². The van der Waals surface area contributed by atoms with Gasteiger partial charge in [-0.3, -0.25) is 4.68 Å². The normalized spacial score (nSPS) is 20.3. The first kappa shape index (κ1) is 8.79. The minimum absolute atomic E-state index is 0.327. The van der Waals surface area contributed by atoms with Crippen LogP contribution in [-0.4, -0.2) is 9.78 Å². The first-order chi connectivity index (χ1) is 6.12. The Bertz CT molecular complexity index is 295. The lowest BCUT2D eigenvalue weighted by molar-refractivity contribution is 0.149. The molecule has 0 aromatic carbocycles. The summed E-state index contributed by atoms with van der Waals surface area (Å²) in [7, 11) is 0. The molecular weight excluding hydrogens is 160 g/mol. The van der Waals surface area contributed by atoms with Crippen LogP contribution in [0.5, 0.6) is 0 Å². The maximum absolute atomic E-state index is 4.45. The largest absolute Gasteiger partial charge is 0.267 e. The van der Waals surface area contributed by atoms with Gasteiger partial charge in [-0.05, 0) is 37.7 Å². The summed E-state index contributed by atoms with van der Waals surface area (Å²) in [4.78, 5) is 0. The molecule has 0 N–H and O–H groups in total. The van der Waals surface area contributed by atoms with Crippen molar-refractivity contribution in [3.05, 3.63) is 18.0 Å². The van der Waals surface area contributed by atoms with Gasteiger partial charge in [0.05, 0.1) is 11.7 Å². The molecule has 0 amide bonds. The van der Waals surface area contributed by atoms with Crippen molar-refractivity contribution in [2.75, 3.05) is 0 Å². The van der Waals surface area contributed by atoms with Crippen LogP contribution in [0.3, 0.4) is 0 Å². The van der Waals surface area contributed by atoms with E-state index in [1.807, 2.05) is 6.20 Å². The molecule has 0 bridgehead atoms. The Morgan fingerprint density at radius 3 is 2.54 bits per heavy atom. The third-order valence-electron chi connectivity index (χ3n) is 3.25. The third-order valence-corrected chi connectivity index (χ3v) is 3.25. The van der Waals surface area contributed by atoms with Gasteiger partial charge in [-0.1, -0.05) is 13.8 Å². The standard InChI is InChI=1S/C11H18N2/c1-9(2)10-7-12-13(8-10)11(3)5-4-6-11/h7-9H,4-6H2,1-3H3. The van der Waals surface area contributed by atoms with E-state index in [1.165, 1.54) is 24.8 Å². The lowest BCUT2D eigenvalue weighted by Crippen LogP contribution is -2.37. The second kappa shape index (κ2) is 2.86. The highest BCUT2D eigenvalue weighted by Gasteiger charge is 2.34. The van der Waals surface area contributed by atoms with Gasteiger partial charge >= 0.3 is 0 Å². The number of nitrogens with zero attached hydrogens (tertiary/aromatic N) is 2. The summed E-state index contributed by atoms with van der Waals surface area (Å²) in [6.45, 7) is 6.72. The summed E-state index contributed by atoms with van der Waals surface area (Å²) in [6, 6.07) is 0. The quantitative estimate of drug-likeness (QED) is 0.681. The van der Waals surface area contributed by atoms with E-state index in [0.29, 0.717) is 11.5 Å². The molecule has 1 saturated carbocycles. The fourth-order valence-electron chi connectivity index (χ4n) is 1.85. The van der Waals surface area contributed by atoms with Gasteiger partial charge in [0.15, 0.2) is 0 Å². The predicted molar refractivity (Wildman–Crippen MR) is 53.8 cm³/mol. The van der Waals surface area contributed by atoms with Crippen molar-refractivity contribution in [3.8, 4) is 0 Å². The highest BCUT2D eigenvalue weighted by molar-refractivity contribution is 5.11. The van der Waals surface area contributed by atoms with Gasteiger partial charge in [0.2, 0.25) is 0 Å². The molecule has 0 atom stereocenters. The smallest absolute Gasteiger partial charge is 0.0599 e. The molecule has 2 heteroatoms. The van der Waals surface area contributed by atoms with E-state index in [2.05, 4.69) is 36.7 Å². The van der Waals surface area contributed by atoms with E-state index in [9.17, 15) is 0 Å². The van der Waals surface area contributed by atoms with Gasteiger partial charge in [-0.15, -0.1) is 0 Å². The Morgan fingerprint density at radius 1 is 1.46 bits per heavy atom. The van der Waals surface area contributed by atoms with Crippen molar-refractivity contribution in [3.63, 3.8) is 0 Å². The fourth-order valence-corrected chi connectivity index (χ4v) is 1.85. The summed E-state index contributed by atoms with van der Waals surface area (Å²) in [5.74, 6) is 0.595. The first-order valence-electron chi connectivity index (χ1n) is 5.17. The van der Waals surface area contributed by atoms with Gasteiger partial charge in [0.1, 0.15) is 0 Å². The molecular formula is C11H18N2. The van der Waals surface area contributed by atoms with Crippen molar-refractivity contribution in [1.82, 2.24) is 9.78 Å². The van der Waals surface area contributed by atoms with E-state index in [4.69, 9.17) is 0 Å².